The summed E-state index contributed by atoms with van der Waals surface area (Å²) in [6, 6.07) is 2.72. The number of hydrogen-bond acceptors (Lipinski definition) is 13. The molecule has 0 aromatic carbocycles. The predicted molar refractivity (Wildman–Crippen MR) is 161 cm³/mol. The fourth-order valence-electron chi connectivity index (χ4n) is 6.52. The first kappa shape index (κ1) is 29.0. The van der Waals surface area contributed by atoms with Crippen LogP contribution in [-0.4, -0.2) is 92.7 Å². The van der Waals surface area contributed by atoms with Crippen LogP contribution in [0.1, 0.15) is 61.4 Å². The summed E-state index contributed by atoms with van der Waals surface area (Å²) in [5.41, 5.74) is 6.91. The number of piperazine rings is 1. The Morgan fingerprint density at radius 2 is 2.00 bits per heavy atom. The number of nitrogens with zero attached hydrogens (tertiary/aromatic N) is 9. The molecule has 6 rings (SSSR count). The lowest BCUT2D eigenvalue weighted by atomic mass is 9.72. The molecule has 0 spiro atoms. The van der Waals surface area contributed by atoms with Gasteiger partial charge < -0.3 is 24.8 Å². The van der Waals surface area contributed by atoms with Gasteiger partial charge in [-0.15, -0.1) is 11.3 Å². The van der Waals surface area contributed by atoms with E-state index in [4.69, 9.17) is 25.0 Å². The highest BCUT2D eigenvalue weighted by molar-refractivity contribution is 7.16. The molecule has 2 aliphatic heterocycles. The third kappa shape index (κ3) is 5.31. The van der Waals surface area contributed by atoms with E-state index in [0.717, 1.165) is 49.1 Å². The molecular formula is C29H36N10O3S. The summed E-state index contributed by atoms with van der Waals surface area (Å²) in [7, 11) is 2.10. The number of hydrogen-bond donors (Lipinski definition) is 1. The molecule has 1 amide bonds. The lowest BCUT2D eigenvalue weighted by Crippen LogP contribution is -2.49. The highest BCUT2D eigenvalue weighted by Gasteiger charge is 2.43. The maximum absolute atomic E-state index is 12.1. The Kier molecular flexibility index (Phi) is 7.78. The van der Waals surface area contributed by atoms with Gasteiger partial charge in [-0.05, 0) is 65.6 Å². The van der Waals surface area contributed by atoms with Gasteiger partial charge in [0.25, 0.3) is 0 Å². The molecule has 3 aliphatic rings. The zero-order valence-electron chi connectivity index (χ0n) is 24.7. The van der Waals surface area contributed by atoms with E-state index in [1.165, 1.54) is 17.4 Å². The Hall–Kier alpha value is -4.09. The van der Waals surface area contributed by atoms with E-state index < -0.39 is 5.41 Å². The van der Waals surface area contributed by atoms with Crippen LogP contribution < -0.4 is 15.4 Å². The molecule has 3 aromatic rings. The second kappa shape index (κ2) is 11.5. The largest absolute Gasteiger partial charge is 0.459 e. The number of aromatic nitrogens is 5. The fraction of sp³-hybridized carbons (Fsp3) is 0.552. The molecular weight excluding hydrogens is 568 g/mol. The summed E-state index contributed by atoms with van der Waals surface area (Å²) in [6.07, 6.45) is 5.85. The minimum absolute atomic E-state index is 0.0971. The van der Waals surface area contributed by atoms with Crippen LogP contribution in [0.3, 0.4) is 0 Å². The van der Waals surface area contributed by atoms with Crippen molar-refractivity contribution < 1.29 is 14.1 Å². The zero-order valence-corrected chi connectivity index (χ0v) is 25.6. The highest BCUT2D eigenvalue weighted by atomic mass is 32.1. The standard InChI is InChI=1S/C29H36N10O3S/c1-5-21(40)38-12-14-39(15-13-38)27-33-24(34-28(35-27)41-17(2)19-8-7-11-37(19)4)25-32-26(42-36-25)29(3)10-6-9-20-22(29)18(16-30)23(31)43-20/h5,17,19H,1,6-15,31H2,2-4H3/t17-,19-,29-/m0/s1. The summed E-state index contributed by atoms with van der Waals surface area (Å²) in [4.78, 5) is 38.1. The average molecular weight is 605 g/mol. The van der Waals surface area contributed by atoms with Gasteiger partial charge in [0, 0.05) is 42.7 Å². The summed E-state index contributed by atoms with van der Waals surface area (Å²) in [5, 5.41) is 14.7. The van der Waals surface area contributed by atoms with E-state index in [1.54, 1.807) is 4.90 Å². The smallest absolute Gasteiger partial charge is 0.322 e. The lowest BCUT2D eigenvalue weighted by Gasteiger charge is -2.34. The van der Waals surface area contributed by atoms with Crippen LogP contribution >= 0.6 is 11.3 Å². The molecule has 0 saturated carbocycles. The Balaban J connectivity index is 1.34. The van der Waals surface area contributed by atoms with Crippen LogP contribution in [0.4, 0.5) is 10.9 Å². The van der Waals surface area contributed by atoms with Crippen molar-refractivity contribution in [2.24, 2.45) is 0 Å². The van der Waals surface area contributed by atoms with E-state index in [2.05, 4.69) is 39.7 Å². The first-order valence-electron chi connectivity index (χ1n) is 14.7. The Morgan fingerprint density at radius 1 is 1.21 bits per heavy atom. The third-order valence-electron chi connectivity index (χ3n) is 8.91. The number of likely N-dealkylation sites (N-methyl/N-ethyl adjacent to an activating group) is 1. The lowest BCUT2D eigenvalue weighted by molar-refractivity contribution is -0.126. The van der Waals surface area contributed by atoms with Gasteiger partial charge in [-0.2, -0.15) is 25.2 Å². The minimum Gasteiger partial charge on any atom is -0.459 e. The summed E-state index contributed by atoms with van der Waals surface area (Å²) in [6.45, 7) is 10.8. The van der Waals surface area contributed by atoms with Gasteiger partial charge in [-0.25, -0.2) is 0 Å². The zero-order chi connectivity index (χ0) is 30.3. The molecule has 3 aromatic heterocycles. The van der Waals surface area contributed by atoms with Gasteiger partial charge in [0.15, 0.2) is 0 Å². The number of rotatable bonds is 7. The van der Waals surface area contributed by atoms with Crippen molar-refractivity contribution in [2.45, 2.75) is 63.5 Å². The molecule has 0 bridgehead atoms. The molecule has 2 fully saturated rings. The maximum Gasteiger partial charge on any atom is 0.322 e. The molecule has 0 unspecified atom stereocenters. The number of carbonyl (C=O) groups is 1. The molecule has 43 heavy (non-hydrogen) atoms. The Labute approximate surface area is 254 Å². The van der Waals surface area contributed by atoms with Crippen LogP contribution in [0.15, 0.2) is 17.2 Å². The van der Waals surface area contributed by atoms with Gasteiger partial charge in [0.1, 0.15) is 17.2 Å². The number of nitrogens with two attached hydrogens (primary N) is 1. The number of anilines is 2. The first-order chi connectivity index (χ1) is 20.7. The van der Waals surface area contributed by atoms with Gasteiger partial charge in [0.05, 0.1) is 11.0 Å². The van der Waals surface area contributed by atoms with E-state index in [1.807, 2.05) is 18.7 Å². The van der Waals surface area contributed by atoms with Crippen molar-refractivity contribution in [3.63, 3.8) is 0 Å². The molecule has 13 nitrogen and oxygen atoms in total. The summed E-state index contributed by atoms with van der Waals surface area (Å²) in [5.74, 6) is 1.16. The number of likely N-dealkylation sites (tertiary alicyclic amines) is 1. The van der Waals surface area contributed by atoms with Crippen LogP contribution in [0.25, 0.3) is 11.6 Å². The van der Waals surface area contributed by atoms with Crippen molar-refractivity contribution in [1.82, 2.24) is 34.9 Å². The Bertz CT molecular complexity index is 1570. The number of aryl methyl sites for hydroxylation is 1. The summed E-state index contributed by atoms with van der Waals surface area (Å²) >= 11 is 1.46. The number of nitrogen functional groups attached to an aromatic ring is 1. The second-order valence-corrected chi connectivity index (χ2v) is 12.8. The van der Waals surface area contributed by atoms with Crippen molar-refractivity contribution in [2.75, 3.05) is 50.4 Å². The first-order valence-corrected chi connectivity index (χ1v) is 15.5. The van der Waals surface area contributed by atoms with Crippen molar-refractivity contribution >= 4 is 28.2 Å². The number of amides is 1. The van der Waals surface area contributed by atoms with Gasteiger partial charge >= 0.3 is 6.01 Å². The third-order valence-corrected chi connectivity index (χ3v) is 9.99. The molecule has 2 saturated heterocycles. The van der Waals surface area contributed by atoms with Crippen molar-refractivity contribution in [3.05, 3.63) is 34.5 Å². The minimum atomic E-state index is -0.664. The molecule has 2 N–H and O–H groups in total. The maximum atomic E-state index is 12.1. The number of fused-ring (bicyclic) bond motifs is 1. The van der Waals surface area contributed by atoms with E-state index in [-0.39, 0.29) is 35.7 Å². The highest BCUT2D eigenvalue weighted by Crippen LogP contribution is 2.48. The number of nitriles is 1. The molecule has 3 atom stereocenters. The predicted octanol–water partition coefficient (Wildman–Crippen LogP) is 2.78. The fourth-order valence-corrected chi connectivity index (χ4v) is 7.71. The molecule has 1 aliphatic carbocycles. The topological polar surface area (TPSA) is 163 Å². The van der Waals surface area contributed by atoms with Crippen LogP contribution in [0, 0.1) is 11.3 Å². The van der Waals surface area contributed by atoms with Crippen molar-refractivity contribution in [1.29, 1.82) is 5.26 Å². The number of carbonyl (C=O) groups excluding carboxylic acids is 1. The number of thiophene rings is 1. The van der Waals surface area contributed by atoms with Crippen LogP contribution in [-0.2, 0) is 16.6 Å². The van der Waals surface area contributed by atoms with Crippen molar-refractivity contribution in [3.8, 4) is 23.7 Å². The normalized spacial score (nSPS) is 23.1. The average Bonchev–Trinajstić information content (AvgIpc) is 3.75. The van der Waals surface area contributed by atoms with Crippen LogP contribution in [0.5, 0.6) is 6.01 Å². The Morgan fingerprint density at radius 3 is 2.70 bits per heavy atom. The second-order valence-electron chi connectivity index (χ2n) is 11.6. The molecule has 5 heterocycles. The summed E-state index contributed by atoms with van der Waals surface area (Å²) < 4.78 is 12.2. The molecule has 14 heteroatoms. The van der Waals surface area contributed by atoms with Gasteiger partial charge in [0.2, 0.25) is 29.4 Å². The SMILES string of the molecule is C=CC(=O)N1CCN(c2nc(O[C@@H](C)[C@@H]3CCCN3C)nc(-c3noc([C@@]4(C)CCCc5sc(N)c(C#N)c54)n3)n2)CC1. The van der Waals surface area contributed by atoms with E-state index in [9.17, 15) is 10.1 Å². The number of ether oxygens (including phenoxy) is 1. The van der Waals surface area contributed by atoms with E-state index >= 15 is 0 Å². The van der Waals surface area contributed by atoms with E-state index in [0.29, 0.717) is 48.6 Å². The molecule has 226 valence electrons. The molecule has 0 radical (unpaired) electrons. The quantitative estimate of drug-likeness (QED) is 0.393. The van der Waals surface area contributed by atoms with Gasteiger partial charge in [-0.3, -0.25) is 9.69 Å². The van der Waals surface area contributed by atoms with Crippen LogP contribution in [0.2, 0.25) is 0 Å². The monoisotopic (exact) mass is 604 g/mol. The van der Waals surface area contributed by atoms with Gasteiger partial charge in [-0.1, -0.05) is 11.7 Å².